The van der Waals surface area contributed by atoms with Crippen LogP contribution in [-0.2, 0) is 6.42 Å². The van der Waals surface area contributed by atoms with Gasteiger partial charge in [-0.1, -0.05) is 43.7 Å². The van der Waals surface area contributed by atoms with Crippen LogP contribution >= 0.6 is 11.3 Å². The van der Waals surface area contributed by atoms with Crippen molar-refractivity contribution in [2.45, 2.75) is 44.6 Å². The zero-order valence-electron chi connectivity index (χ0n) is 12.1. The molecule has 1 N–H and O–H groups in total. The van der Waals surface area contributed by atoms with Gasteiger partial charge >= 0.3 is 0 Å². The maximum Gasteiger partial charge on any atom is 0.0950 e. The molecule has 1 saturated heterocycles. The Morgan fingerprint density at radius 3 is 2.85 bits per heavy atom. The highest BCUT2D eigenvalue weighted by Gasteiger charge is 2.33. The number of aromatic nitrogens is 1. The number of thiazole rings is 1. The topological polar surface area (TPSA) is 24.9 Å². The molecule has 20 heavy (non-hydrogen) atoms. The van der Waals surface area contributed by atoms with Gasteiger partial charge in [0.05, 0.1) is 10.7 Å². The number of nitrogens with zero attached hydrogens (tertiary/aromatic N) is 1. The standard InChI is InChI=1S/C17H22N2S/c1-2-9-17(10-6-11-18-17)12-16-19-15(13-20-16)14-7-4-3-5-8-14/h3-5,7-8,13,18H,2,6,9-12H2,1H3. The van der Waals surface area contributed by atoms with E-state index in [2.05, 4.69) is 48.0 Å². The molecule has 1 atom stereocenters. The van der Waals surface area contributed by atoms with Crippen LogP contribution in [0.15, 0.2) is 35.7 Å². The summed E-state index contributed by atoms with van der Waals surface area (Å²) in [6.45, 7) is 3.44. The van der Waals surface area contributed by atoms with Crippen molar-refractivity contribution in [2.24, 2.45) is 0 Å². The normalized spacial score (nSPS) is 22.2. The van der Waals surface area contributed by atoms with E-state index in [0.717, 1.165) is 18.7 Å². The fourth-order valence-electron chi connectivity index (χ4n) is 3.22. The Bertz CT molecular complexity index is 541. The zero-order valence-corrected chi connectivity index (χ0v) is 12.9. The predicted molar refractivity (Wildman–Crippen MR) is 86.1 cm³/mol. The Balaban J connectivity index is 1.77. The van der Waals surface area contributed by atoms with E-state index in [-0.39, 0.29) is 0 Å². The molecule has 2 nitrogen and oxygen atoms in total. The van der Waals surface area contributed by atoms with E-state index in [1.54, 1.807) is 11.3 Å². The summed E-state index contributed by atoms with van der Waals surface area (Å²) in [5, 5.41) is 7.20. The molecule has 0 aliphatic carbocycles. The van der Waals surface area contributed by atoms with E-state index >= 15 is 0 Å². The average Bonchev–Trinajstić information content (AvgIpc) is 3.11. The van der Waals surface area contributed by atoms with Crippen LogP contribution < -0.4 is 5.32 Å². The minimum absolute atomic E-state index is 0.306. The fourth-order valence-corrected chi connectivity index (χ4v) is 4.17. The molecule has 1 unspecified atom stereocenters. The lowest BCUT2D eigenvalue weighted by molar-refractivity contribution is 0.341. The highest BCUT2D eigenvalue weighted by Crippen LogP contribution is 2.31. The molecular formula is C17H22N2S. The second-order valence-electron chi connectivity index (χ2n) is 5.73. The first-order valence-corrected chi connectivity index (χ1v) is 8.44. The summed E-state index contributed by atoms with van der Waals surface area (Å²) in [6, 6.07) is 10.5. The summed E-state index contributed by atoms with van der Waals surface area (Å²) in [5.41, 5.74) is 2.65. The van der Waals surface area contributed by atoms with E-state index in [1.807, 2.05) is 0 Å². The van der Waals surface area contributed by atoms with Gasteiger partial charge in [0.25, 0.3) is 0 Å². The quantitative estimate of drug-likeness (QED) is 0.887. The third-order valence-corrected chi connectivity index (χ3v) is 5.02. The highest BCUT2D eigenvalue weighted by atomic mass is 32.1. The molecule has 1 aromatic carbocycles. The second-order valence-corrected chi connectivity index (χ2v) is 6.67. The van der Waals surface area contributed by atoms with Gasteiger partial charge in [0, 0.05) is 22.9 Å². The van der Waals surface area contributed by atoms with Crippen molar-refractivity contribution < 1.29 is 0 Å². The monoisotopic (exact) mass is 286 g/mol. The van der Waals surface area contributed by atoms with E-state index in [1.165, 1.54) is 36.3 Å². The summed E-state index contributed by atoms with van der Waals surface area (Å²) in [7, 11) is 0. The van der Waals surface area contributed by atoms with Gasteiger partial charge in [-0.2, -0.15) is 0 Å². The predicted octanol–water partition coefficient (Wildman–Crippen LogP) is 4.27. The van der Waals surface area contributed by atoms with Crippen LogP contribution in [0.2, 0.25) is 0 Å². The Hall–Kier alpha value is -1.19. The molecule has 3 rings (SSSR count). The molecule has 2 aromatic rings. The maximum atomic E-state index is 4.85. The van der Waals surface area contributed by atoms with Crippen LogP contribution in [0.5, 0.6) is 0 Å². The van der Waals surface area contributed by atoms with E-state index < -0.39 is 0 Å². The van der Waals surface area contributed by atoms with Gasteiger partial charge in [0.1, 0.15) is 0 Å². The van der Waals surface area contributed by atoms with Crippen LogP contribution in [0.4, 0.5) is 0 Å². The minimum atomic E-state index is 0.306. The number of hydrogen-bond acceptors (Lipinski definition) is 3. The molecule has 1 aromatic heterocycles. The van der Waals surface area contributed by atoms with Crippen molar-refractivity contribution >= 4 is 11.3 Å². The largest absolute Gasteiger partial charge is 0.311 e. The van der Waals surface area contributed by atoms with Crippen molar-refractivity contribution in [1.82, 2.24) is 10.3 Å². The van der Waals surface area contributed by atoms with E-state index in [0.29, 0.717) is 5.54 Å². The van der Waals surface area contributed by atoms with Crippen molar-refractivity contribution in [1.29, 1.82) is 0 Å². The van der Waals surface area contributed by atoms with Gasteiger partial charge in [-0.25, -0.2) is 4.98 Å². The third-order valence-electron chi connectivity index (χ3n) is 4.17. The van der Waals surface area contributed by atoms with Crippen molar-refractivity contribution in [3.05, 3.63) is 40.7 Å². The van der Waals surface area contributed by atoms with Crippen LogP contribution in [0.1, 0.15) is 37.6 Å². The van der Waals surface area contributed by atoms with Crippen LogP contribution in [0.3, 0.4) is 0 Å². The van der Waals surface area contributed by atoms with Crippen molar-refractivity contribution in [2.75, 3.05) is 6.54 Å². The van der Waals surface area contributed by atoms with Crippen LogP contribution in [0.25, 0.3) is 11.3 Å². The van der Waals surface area contributed by atoms with Gasteiger partial charge in [-0.3, -0.25) is 0 Å². The molecule has 0 saturated carbocycles. The molecule has 0 spiro atoms. The lowest BCUT2D eigenvalue weighted by Gasteiger charge is -2.28. The molecule has 0 bridgehead atoms. The molecule has 0 amide bonds. The van der Waals surface area contributed by atoms with Crippen LogP contribution in [0, 0.1) is 0 Å². The Morgan fingerprint density at radius 2 is 2.15 bits per heavy atom. The average molecular weight is 286 g/mol. The minimum Gasteiger partial charge on any atom is -0.311 e. The molecular weight excluding hydrogens is 264 g/mol. The van der Waals surface area contributed by atoms with Crippen LogP contribution in [-0.4, -0.2) is 17.1 Å². The van der Waals surface area contributed by atoms with Gasteiger partial charge in [0.15, 0.2) is 0 Å². The Kier molecular flexibility index (Phi) is 4.18. The number of benzene rings is 1. The molecule has 0 radical (unpaired) electrons. The first kappa shape index (κ1) is 13.8. The molecule has 1 fully saturated rings. The molecule has 106 valence electrons. The summed E-state index contributed by atoms with van der Waals surface area (Å²) >= 11 is 1.80. The van der Waals surface area contributed by atoms with Gasteiger partial charge in [-0.15, -0.1) is 11.3 Å². The lowest BCUT2D eigenvalue weighted by atomic mass is 9.89. The number of nitrogens with one attached hydrogen (secondary N) is 1. The Morgan fingerprint density at radius 1 is 1.30 bits per heavy atom. The highest BCUT2D eigenvalue weighted by molar-refractivity contribution is 7.09. The number of hydrogen-bond donors (Lipinski definition) is 1. The van der Waals surface area contributed by atoms with Gasteiger partial charge in [0.2, 0.25) is 0 Å². The van der Waals surface area contributed by atoms with Gasteiger partial charge < -0.3 is 5.32 Å². The smallest absolute Gasteiger partial charge is 0.0950 e. The SMILES string of the molecule is CCCC1(Cc2nc(-c3ccccc3)cs2)CCCN1. The molecule has 3 heteroatoms. The zero-order chi connectivity index (χ0) is 13.8. The lowest BCUT2D eigenvalue weighted by Crippen LogP contribution is -2.41. The third kappa shape index (κ3) is 2.94. The van der Waals surface area contributed by atoms with Crippen molar-refractivity contribution in [3.8, 4) is 11.3 Å². The summed E-state index contributed by atoms with van der Waals surface area (Å²) in [5.74, 6) is 0. The molecule has 1 aliphatic rings. The summed E-state index contributed by atoms with van der Waals surface area (Å²) in [4.78, 5) is 4.85. The maximum absolute atomic E-state index is 4.85. The molecule has 1 aliphatic heterocycles. The van der Waals surface area contributed by atoms with Gasteiger partial charge in [-0.05, 0) is 25.8 Å². The molecule has 2 heterocycles. The second kappa shape index (κ2) is 6.06. The number of rotatable bonds is 5. The first-order valence-electron chi connectivity index (χ1n) is 7.56. The Labute approximate surface area is 125 Å². The van der Waals surface area contributed by atoms with E-state index in [4.69, 9.17) is 4.98 Å². The summed E-state index contributed by atoms with van der Waals surface area (Å²) in [6.07, 6.45) is 6.17. The first-order chi connectivity index (χ1) is 9.81. The summed E-state index contributed by atoms with van der Waals surface area (Å²) < 4.78 is 0. The van der Waals surface area contributed by atoms with Crippen molar-refractivity contribution in [3.63, 3.8) is 0 Å². The van der Waals surface area contributed by atoms with E-state index in [9.17, 15) is 0 Å². The fraction of sp³-hybridized carbons (Fsp3) is 0.471.